The number of hydrogen-bond donors (Lipinski definition) is 0. The molecular weight excluding hydrogens is 336 g/mol. The predicted molar refractivity (Wildman–Crippen MR) is 93.4 cm³/mol. The molecule has 0 bridgehead atoms. The van der Waals surface area contributed by atoms with Gasteiger partial charge in [-0.25, -0.2) is 4.90 Å². The molecule has 3 rings (SSSR count). The highest BCUT2D eigenvalue weighted by atomic mass is 16.5. The smallest absolute Gasteiger partial charge is 0.257 e. The van der Waals surface area contributed by atoms with Crippen molar-refractivity contribution in [2.24, 2.45) is 0 Å². The van der Waals surface area contributed by atoms with E-state index in [1.807, 2.05) is 6.92 Å². The number of rotatable bonds is 6. The van der Waals surface area contributed by atoms with E-state index < -0.39 is 11.9 Å². The summed E-state index contributed by atoms with van der Waals surface area (Å²) >= 11 is 0. The van der Waals surface area contributed by atoms with Crippen LogP contribution in [0.25, 0.3) is 0 Å². The van der Waals surface area contributed by atoms with E-state index in [0.29, 0.717) is 23.8 Å². The Bertz CT molecular complexity index is 798. The van der Waals surface area contributed by atoms with E-state index in [-0.39, 0.29) is 24.8 Å². The summed E-state index contributed by atoms with van der Waals surface area (Å²) in [5.74, 6) is 0.173. The highest BCUT2D eigenvalue weighted by molar-refractivity contribution is 6.23. The van der Waals surface area contributed by atoms with Gasteiger partial charge in [0.2, 0.25) is 11.8 Å². The molecule has 1 saturated heterocycles. The van der Waals surface area contributed by atoms with Gasteiger partial charge in [0.1, 0.15) is 17.6 Å². The van der Waals surface area contributed by atoms with Crippen molar-refractivity contribution in [3.63, 3.8) is 0 Å². The average molecular weight is 356 g/mol. The van der Waals surface area contributed by atoms with E-state index in [1.54, 1.807) is 36.4 Å². The molecule has 26 heavy (non-hydrogen) atoms. The molecule has 0 radical (unpaired) electrons. The van der Waals surface area contributed by atoms with E-state index >= 15 is 0 Å². The third kappa shape index (κ3) is 3.46. The Morgan fingerprint density at radius 2 is 2.00 bits per heavy atom. The van der Waals surface area contributed by atoms with Crippen molar-refractivity contribution in [1.82, 2.24) is 4.90 Å². The van der Waals surface area contributed by atoms with Crippen LogP contribution in [-0.2, 0) is 20.9 Å². The number of hydrogen-bond acceptors (Lipinski definition) is 5. The molecule has 1 aromatic heterocycles. The highest BCUT2D eigenvalue weighted by Gasteiger charge is 2.43. The van der Waals surface area contributed by atoms with Gasteiger partial charge in [-0.2, -0.15) is 0 Å². The van der Waals surface area contributed by atoms with Crippen molar-refractivity contribution in [2.75, 3.05) is 11.5 Å². The molecule has 1 aliphatic heterocycles. The summed E-state index contributed by atoms with van der Waals surface area (Å²) in [5, 5.41) is 0. The van der Waals surface area contributed by atoms with E-state index in [0.717, 1.165) is 4.90 Å². The Labute approximate surface area is 151 Å². The van der Waals surface area contributed by atoms with Crippen LogP contribution in [0.15, 0.2) is 47.1 Å². The quantitative estimate of drug-likeness (QED) is 0.742. The molecule has 1 aromatic carbocycles. The van der Waals surface area contributed by atoms with Crippen molar-refractivity contribution < 1.29 is 23.5 Å². The van der Waals surface area contributed by atoms with E-state index in [1.165, 1.54) is 18.1 Å². The number of carbonyl (C=O) groups is 3. The van der Waals surface area contributed by atoms with Crippen molar-refractivity contribution in [1.29, 1.82) is 0 Å². The number of amides is 3. The maximum Gasteiger partial charge on any atom is 0.257 e. The second kappa shape index (κ2) is 7.43. The van der Waals surface area contributed by atoms with Gasteiger partial charge in [0.15, 0.2) is 0 Å². The summed E-state index contributed by atoms with van der Waals surface area (Å²) in [5.41, 5.74) is 0.465. The van der Waals surface area contributed by atoms with Crippen LogP contribution in [0.1, 0.15) is 26.0 Å². The third-order valence-electron chi connectivity index (χ3n) is 4.22. The fourth-order valence-electron chi connectivity index (χ4n) is 3.00. The van der Waals surface area contributed by atoms with Crippen molar-refractivity contribution >= 4 is 23.4 Å². The van der Waals surface area contributed by atoms with Crippen LogP contribution < -0.4 is 9.64 Å². The van der Waals surface area contributed by atoms with Gasteiger partial charge in [0.05, 0.1) is 31.5 Å². The maximum atomic E-state index is 12.9. The van der Waals surface area contributed by atoms with Crippen molar-refractivity contribution in [2.45, 2.75) is 32.9 Å². The molecule has 1 aliphatic rings. The molecule has 1 atom stereocenters. The zero-order valence-corrected chi connectivity index (χ0v) is 14.7. The first-order valence-corrected chi connectivity index (χ1v) is 8.40. The molecule has 7 nitrogen and oxygen atoms in total. The molecule has 0 spiro atoms. The van der Waals surface area contributed by atoms with Gasteiger partial charge in [-0.3, -0.25) is 14.4 Å². The second-order valence-corrected chi connectivity index (χ2v) is 5.94. The first-order chi connectivity index (χ1) is 12.5. The van der Waals surface area contributed by atoms with Gasteiger partial charge >= 0.3 is 0 Å². The van der Waals surface area contributed by atoms with Crippen LogP contribution in [0.3, 0.4) is 0 Å². The Hall–Kier alpha value is -3.09. The van der Waals surface area contributed by atoms with Gasteiger partial charge in [-0.05, 0) is 43.3 Å². The molecule has 0 unspecified atom stereocenters. The summed E-state index contributed by atoms with van der Waals surface area (Å²) in [6, 6.07) is 9.33. The van der Waals surface area contributed by atoms with Crippen LogP contribution in [0.4, 0.5) is 5.69 Å². The number of nitrogens with zero attached hydrogens (tertiary/aromatic N) is 2. The lowest BCUT2D eigenvalue weighted by molar-refractivity contribution is -0.137. The lowest BCUT2D eigenvalue weighted by Crippen LogP contribution is -2.44. The minimum atomic E-state index is -0.836. The monoisotopic (exact) mass is 356 g/mol. The summed E-state index contributed by atoms with van der Waals surface area (Å²) < 4.78 is 10.6. The second-order valence-electron chi connectivity index (χ2n) is 5.94. The van der Waals surface area contributed by atoms with Crippen molar-refractivity contribution in [3.05, 3.63) is 48.4 Å². The summed E-state index contributed by atoms with van der Waals surface area (Å²) in [7, 11) is 0. The summed E-state index contributed by atoms with van der Waals surface area (Å²) in [6.45, 7) is 3.92. The van der Waals surface area contributed by atoms with Crippen LogP contribution >= 0.6 is 0 Å². The minimum Gasteiger partial charge on any atom is -0.494 e. The first kappa shape index (κ1) is 17.7. The van der Waals surface area contributed by atoms with Gasteiger partial charge < -0.3 is 14.1 Å². The number of benzene rings is 1. The van der Waals surface area contributed by atoms with E-state index in [9.17, 15) is 14.4 Å². The average Bonchev–Trinajstić information content (AvgIpc) is 3.22. The zero-order chi connectivity index (χ0) is 18.7. The molecule has 0 N–H and O–H groups in total. The number of ether oxygens (including phenoxy) is 1. The highest BCUT2D eigenvalue weighted by Crippen LogP contribution is 2.28. The molecule has 0 aliphatic carbocycles. The fourth-order valence-corrected chi connectivity index (χ4v) is 3.00. The van der Waals surface area contributed by atoms with Crippen LogP contribution in [0, 0.1) is 0 Å². The summed E-state index contributed by atoms with van der Waals surface area (Å²) in [6.07, 6.45) is 1.45. The molecule has 1 fully saturated rings. The molecule has 136 valence electrons. The van der Waals surface area contributed by atoms with Crippen LogP contribution in [-0.4, -0.2) is 35.3 Å². The fraction of sp³-hybridized carbons (Fsp3) is 0.316. The molecule has 3 amide bonds. The standard InChI is InChI=1S/C19H20N2O5/c1-3-25-15-8-6-14(7-9-15)21-18(23)11-17(19(21)24)20(13(2)22)12-16-5-4-10-26-16/h4-10,17H,3,11-12H2,1-2H3/t17-/m0/s1. The minimum absolute atomic E-state index is 0.0493. The number of anilines is 1. The Balaban J connectivity index is 1.81. The SMILES string of the molecule is CCOc1ccc(N2C(=O)C[C@H](N(Cc3ccco3)C(C)=O)C2=O)cc1. The van der Waals surface area contributed by atoms with Gasteiger partial charge in [-0.15, -0.1) is 0 Å². The largest absolute Gasteiger partial charge is 0.494 e. The lowest BCUT2D eigenvalue weighted by atomic mass is 10.2. The Morgan fingerprint density at radius 3 is 2.58 bits per heavy atom. The van der Waals surface area contributed by atoms with Crippen LogP contribution in [0.5, 0.6) is 5.75 Å². The Morgan fingerprint density at radius 1 is 1.27 bits per heavy atom. The Kier molecular flexibility index (Phi) is 5.06. The first-order valence-electron chi connectivity index (χ1n) is 8.40. The summed E-state index contributed by atoms with van der Waals surface area (Å²) in [4.78, 5) is 39.8. The van der Waals surface area contributed by atoms with Gasteiger partial charge in [0.25, 0.3) is 5.91 Å². The molecule has 2 aromatic rings. The van der Waals surface area contributed by atoms with Gasteiger partial charge in [-0.1, -0.05) is 0 Å². The predicted octanol–water partition coefficient (Wildman–Crippen LogP) is 2.36. The van der Waals surface area contributed by atoms with Crippen molar-refractivity contribution in [3.8, 4) is 5.75 Å². The topological polar surface area (TPSA) is 80.1 Å². The third-order valence-corrected chi connectivity index (χ3v) is 4.22. The zero-order valence-electron chi connectivity index (χ0n) is 14.7. The maximum absolute atomic E-state index is 12.9. The number of furan rings is 1. The number of imide groups is 1. The van der Waals surface area contributed by atoms with E-state index in [2.05, 4.69) is 0 Å². The molecule has 7 heteroatoms. The van der Waals surface area contributed by atoms with Gasteiger partial charge in [0, 0.05) is 6.92 Å². The lowest BCUT2D eigenvalue weighted by Gasteiger charge is -2.25. The van der Waals surface area contributed by atoms with Crippen LogP contribution in [0.2, 0.25) is 0 Å². The molecule has 0 saturated carbocycles. The van der Waals surface area contributed by atoms with E-state index in [4.69, 9.17) is 9.15 Å². The molecular formula is C19H20N2O5. The molecule has 2 heterocycles. The number of carbonyl (C=O) groups excluding carboxylic acids is 3. The normalized spacial score (nSPS) is 16.8.